The number of H-pyrrole nitrogens is 1. The Morgan fingerprint density at radius 3 is 2.52 bits per heavy atom. The third-order valence-electron chi connectivity index (χ3n) is 3.73. The van der Waals surface area contributed by atoms with Crippen molar-refractivity contribution in [3.05, 3.63) is 59.9 Å². The number of benzene rings is 2. The first kappa shape index (κ1) is 12.1. The van der Waals surface area contributed by atoms with Gasteiger partial charge in [0, 0.05) is 28.7 Å². The van der Waals surface area contributed by atoms with Gasteiger partial charge in [0.25, 0.3) is 0 Å². The Morgan fingerprint density at radius 2 is 1.76 bits per heavy atom. The van der Waals surface area contributed by atoms with Gasteiger partial charge in [0.15, 0.2) is 0 Å². The Morgan fingerprint density at radius 1 is 0.952 bits per heavy atom. The first-order chi connectivity index (χ1) is 10.3. The largest absolute Gasteiger partial charge is 0.368 e. The summed E-state index contributed by atoms with van der Waals surface area (Å²) >= 11 is 0. The molecule has 4 heteroatoms. The van der Waals surface area contributed by atoms with Crippen LogP contribution in [-0.2, 0) is 0 Å². The van der Waals surface area contributed by atoms with Gasteiger partial charge in [0.2, 0.25) is 0 Å². The number of aliphatic imine (C=N–C) groups is 1. The molecule has 104 valence electrons. The highest BCUT2D eigenvalue weighted by atomic mass is 19.1. The van der Waals surface area contributed by atoms with Gasteiger partial charge >= 0.3 is 0 Å². The van der Waals surface area contributed by atoms with Crippen LogP contribution in [0, 0.1) is 5.82 Å². The normalized spacial score (nSPS) is 14.2. The number of hydrogen-bond acceptors (Lipinski definition) is 2. The van der Waals surface area contributed by atoms with Gasteiger partial charge in [-0.3, -0.25) is 4.99 Å². The number of halogens is 1. The van der Waals surface area contributed by atoms with Crippen molar-refractivity contribution in [2.45, 2.75) is 0 Å². The number of fused-ring (bicyclic) bond motifs is 1. The van der Waals surface area contributed by atoms with E-state index in [1.807, 2.05) is 0 Å². The van der Waals surface area contributed by atoms with Crippen molar-refractivity contribution in [2.75, 3.05) is 13.1 Å². The smallest absolute Gasteiger partial charge is 0.128 e. The number of hydrogen-bond donors (Lipinski definition) is 2. The molecule has 3 aromatic rings. The average molecular weight is 279 g/mol. The highest BCUT2D eigenvalue weighted by Crippen LogP contribution is 2.25. The second-order valence-electron chi connectivity index (χ2n) is 5.15. The van der Waals surface area contributed by atoms with Crippen molar-refractivity contribution in [1.82, 2.24) is 10.3 Å². The topological polar surface area (TPSA) is 40.2 Å². The van der Waals surface area contributed by atoms with E-state index in [1.54, 1.807) is 12.1 Å². The Hall–Kier alpha value is -2.62. The fourth-order valence-electron chi connectivity index (χ4n) is 2.65. The van der Waals surface area contributed by atoms with Crippen molar-refractivity contribution < 1.29 is 4.39 Å². The monoisotopic (exact) mass is 279 g/mol. The lowest BCUT2D eigenvalue weighted by Gasteiger charge is -2.01. The molecule has 1 aromatic heterocycles. The summed E-state index contributed by atoms with van der Waals surface area (Å²) in [5.41, 5.74) is 4.12. The van der Waals surface area contributed by atoms with Crippen LogP contribution in [0.15, 0.2) is 53.5 Å². The summed E-state index contributed by atoms with van der Waals surface area (Å²) in [6, 6.07) is 14.8. The minimum Gasteiger partial charge on any atom is -0.368 e. The number of rotatable bonds is 2. The molecule has 2 N–H and O–H groups in total. The molecule has 2 heterocycles. The summed E-state index contributed by atoms with van der Waals surface area (Å²) in [7, 11) is 0. The van der Waals surface area contributed by atoms with Gasteiger partial charge in [-0.05, 0) is 42.0 Å². The molecule has 2 aromatic carbocycles. The second kappa shape index (κ2) is 4.74. The molecular formula is C17H14FN3. The molecule has 0 atom stereocenters. The predicted octanol–water partition coefficient (Wildman–Crippen LogP) is 3.32. The lowest BCUT2D eigenvalue weighted by atomic mass is 10.1. The van der Waals surface area contributed by atoms with E-state index in [1.165, 1.54) is 12.1 Å². The molecule has 0 radical (unpaired) electrons. The lowest BCUT2D eigenvalue weighted by Crippen LogP contribution is -2.19. The molecule has 3 nitrogen and oxygen atoms in total. The Balaban J connectivity index is 1.77. The Labute approximate surface area is 121 Å². The minimum atomic E-state index is -0.220. The predicted molar refractivity (Wildman–Crippen MR) is 83.1 cm³/mol. The van der Waals surface area contributed by atoms with Gasteiger partial charge < -0.3 is 10.3 Å². The summed E-state index contributed by atoms with van der Waals surface area (Å²) in [6.07, 6.45) is 0. The van der Waals surface area contributed by atoms with Crippen LogP contribution in [-0.4, -0.2) is 23.9 Å². The van der Waals surface area contributed by atoms with Crippen molar-refractivity contribution >= 4 is 16.7 Å². The van der Waals surface area contributed by atoms with Crippen molar-refractivity contribution in [1.29, 1.82) is 0 Å². The summed E-state index contributed by atoms with van der Waals surface area (Å²) in [4.78, 5) is 7.83. The van der Waals surface area contributed by atoms with Crippen LogP contribution in [0.3, 0.4) is 0 Å². The highest BCUT2D eigenvalue weighted by Gasteiger charge is 2.10. The molecule has 0 amide bonds. The maximum atomic E-state index is 13.0. The molecule has 0 spiro atoms. The van der Waals surface area contributed by atoms with Crippen molar-refractivity contribution in [2.24, 2.45) is 4.99 Å². The first-order valence-electron chi connectivity index (χ1n) is 6.97. The quantitative estimate of drug-likeness (QED) is 0.742. The standard InChI is InChI=1S/C17H14FN3/c18-14-5-3-11(4-6-14)15-9-12-1-2-13(10-16(12)21-15)17-19-7-8-20-17/h1-6,9-10,21H,7-8H2,(H,19,20). The molecule has 1 aliphatic rings. The van der Waals surface area contributed by atoms with Crippen LogP contribution in [0.2, 0.25) is 0 Å². The summed E-state index contributed by atoms with van der Waals surface area (Å²) in [5, 5.41) is 4.41. The average Bonchev–Trinajstić information content (AvgIpc) is 3.16. The Kier molecular flexibility index (Phi) is 2.74. The molecule has 0 aliphatic carbocycles. The van der Waals surface area contributed by atoms with E-state index < -0.39 is 0 Å². The van der Waals surface area contributed by atoms with Gasteiger partial charge in [0.1, 0.15) is 11.7 Å². The SMILES string of the molecule is Fc1ccc(-c2cc3ccc(C4=NCCN4)cc3[nH]2)cc1. The molecule has 0 saturated heterocycles. The number of aromatic nitrogens is 1. The third-order valence-corrected chi connectivity index (χ3v) is 3.73. The van der Waals surface area contributed by atoms with Crippen molar-refractivity contribution in [3.8, 4) is 11.3 Å². The van der Waals surface area contributed by atoms with Crippen LogP contribution in [0.4, 0.5) is 4.39 Å². The maximum absolute atomic E-state index is 13.0. The number of nitrogens with zero attached hydrogens (tertiary/aromatic N) is 1. The second-order valence-corrected chi connectivity index (χ2v) is 5.15. The van der Waals surface area contributed by atoms with E-state index in [-0.39, 0.29) is 5.82 Å². The van der Waals surface area contributed by atoms with E-state index >= 15 is 0 Å². The lowest BCUT2D eigenvalue weighted by molar-refractivity contribution is 0.628. The van der Waals surface area contributed by atoms with Crippen LogP contribution in [0.1, 0.15) is 5.56 Å². The van der Waals surface area contributed by atoms with Gasteiger partial charge in [0.05, 0.1) is 6.54 Å². The fraction of sp³-hybridized carbons (Fsp3) is 0.118. The van der Waals surface area contributed by atoms with E-state index in [4.69, 9.17) is 0 Å². The molecule has 1 aliphatic heterocycles. The maximum Gasteiger partial charge on any atom is 0.128 e. The van der Waals surface area contributed by atoms with E-state index in [0.717, 1.165) is 46.6 Å². The van der Waals surface area contributed by atoms with Gasteiger partial charge in [-0.25, -0.2) is 4.39 Å². The van der Waals surface area contributed by atoms with Crippen LogP contribution >= 0.6 is 0 Å². The number of nitrogens with one attached hydrogen (secondary N) is 2. The first-order valence-corrected chi connectivity index (χ1v) is 6.97. The Bertz CT molecular complexity index is 831. The molecule has 0 saturated carbocycles. The zero-order chi connectivity index (χ0) is 14.2. The van der Waals surface area contributed by atoms with Crippen LogP contribution < -0.4 is 5.32 Å². The minimum absolute atomic E-state index is 0.220. The van der Waals surface area contributed by atoms with E-state index in [0.29, 0.717) is 0 Å². The molecule has 4 rings (SSSR count). The third kappa shape index (κ3) is 2.18. The molecule has 21 heavy (non-hydrogen) atoms. The van der Waals surface area contributed by atoms with Gasteiger partial charge in [-0.15, -0.1) is 0 Å². The summed E-state index contributed by atoms with van der Waals surface area (Å²) < 4.78 is 13.0. The highest BCUT2D eigenvalue weighted by molar-refractivity contribution is 6.02. The van der Waals surface area contributed by atoms with Gasteiger partial charge in [-0.1, -0.05) is 12.1 Å². The summed E-state index contributed by atoms with van der Waals surface area (Å²) in [5.74, 6) is 0.734. The molecule has 0 fully saturated rings. The fourth-order valence-corrected chi connectivity index (χ4v) is 2.65. The van der Waals surface area contributed by atoms with Crippen LogP contribution in [0.25, 0.3) is 22.2 Å². The molecule has 0 bridgehead atoms. The van der Waals surface area contributed by atoms with E-state index in [2.05, 4.69) is 39.6 Å². The summed E-state index contributed by atoms with van der Waals surface area (Å²) in [6.45, 7) is 1.73. The molecule has 0 unspecified atom stereocenters. The molecular weight excluding hydrogens is 265 g/mol. The van der Waals surface area contributed by atoms with Crippen molar-refractivity contribution in [3.63, 3.8) is 0 Å². The van der Waals surface area contributed by atoms with E-state index in [9.17, 15) is 4.39 Å². The number of aromatic amines is 1. The zero-order valence-corrected chi connectivity index (χ0v) is 11.4. The number of amidine groups is 1. The van der Waals surface area contributed by atoms with Crippen LogP contribution in [0.5, 0.6) is 0 Å². The van der Waals surface area contributed by atoms with Gasteiger partial charge in [-0.2, -0.15) is 0 Å². The zero-order valence-electron chi connectivity index (χ0n) is 11.4.